The second kappa shape index (κ2) is 13.0. The van der Waals surface area contributed by atoms with Crippen molar-refractivity contribution in [1.29, 1.82) is 5.26 Å². The highest BCUT2D eigenvalue weighted by molar-refractivity contribution is 5.50. The van der Waals surface area contributed by atoms with Crippen LogP contribution in [0.1, 0.15) is 12.5 Å². The zero-order chi connectivity index (χ0) is 24.1. The van der Waals surface area contributed by atoms with Crippen molar-refractivity contribution < 1.29 is 23.0 Å². The summed E-state index contributed by atoms with van der Waals surface area (Å²) in [5.74, 6) is -2.92. The number of anilines is 1. The minimum Gasteiger partial charge on any atom is -0.379 e. The van der Waals surface area contributed by atoms with Gasteiger partial charge in [0.15, 0.2) is 17.5 Å². The van der Waals surface area contributed by atoms with E-state index in [2.05, 4.69) is 5.32 Å². The van der Waals surface area contributed by atoms with Crippen molar-refractivity contribution in [2.45, 2.75) is 13.5 Å². The monoisotopic (exact) mass is 446 g/mol. The highest BCUT2D eigenvalue weighted by Crippen LogP contribution is 2.21. The number of rotatable bonds is 5. The maximum atomic E-state index is 13.5. The van der Waals surface area contributed by atoms with Crippen LogP contribution < -0.4 is 5.32 Å². The number of hydrogen-bond donors (Lipinski definition) is 1. The quantitative estimate of drug-likeness (QED) is 0.393. The van der Waals surface area contributed by atoms with Gasteiger partial charge in [-0.2, -0.15) is 5.26 Å². The van der Waals surface area contributed by atoms with Gasteiger partial charge in [0.1, 0.15) is 0 Å². The number of non-ortho nitro benzene ring substituents is 2. The normalized spacial score (nSPS) is 9.22. The summed E-state index contributed by atoms with van der Waals surface area (Å²) in [6.45, 7) is 1.90. The van der Waals surface area contributed by atoms with Gasteiger partial charge >= 0.3 is 0 Å². The van der Waals surface area contributed by atoms with E-state index in [0.29, 0.717) is 18.7 Å². The predicted octanol–water partition coefficient (Wildman–Crippen LogP) is 5.75. The van der Waals surface area contributed by atoms with Gasteiger partial charge in [0.2, 0.25) is 0 Å². The summed E-state index contributed by atoms with van der Waals surface area (Å²) < 4.78 is 38.0. The molecule has 0 atom stereocenters. The van der Waals surface area contributed by atoms with E-state index in [1.807, 2.05) is 30.3 Å². The summed E-state index contributed by atoms with van der Waals surface area (Å²) in [5.41, 5.74) is 0.557. The van der Waals surface area contributed by atoms with Crippen molar-refractivity contribution >= 4 is 17.1 Å². The van der Waals surface area contributed by atoms with Crippen LogP contribution in [0.2, 0.25) is 0 Å². The van der Waals surface area contributed by atoms with Crippen molar-refractivity contribution in [1.82, 2.24) is 0 Å². The molecule has 0 amide bonds. The molecule has 0 aliphatic rings. The Morgan fingerprint density at radius 3 is 1.81 bits per heavy atom. The molecule has 0 unspecified atom stereocenters. The first-order valence-corrected chi connectivity index (χ1v) is 8.81. The molecule has 166 valence electrons. The van der Waals surface area contributed by atoms with E-state index in [1.54, 1.807) is 6.07 Å². The number of nitrogens with zero attached hydrogens (tertiary/aromatic N) is 3. The molecule has 3 rings (SSSR count). The zero-order valence-electron chi connectivity index (χ0n) is 16.7. The van der Waals surface area contributed by atoms with Gasteiger partial charge in [0, 0.05) is 25.6 Å². The number of hydrogen-bond acceptors (Lipinski definition) is 6. The maximum Gasteiger partial charge on any atom is 0.272 e. The fourth-order valence-corrected chi connectivity index (χ4v) is 2.15. The molecule has 0 bridgehead atoms. The fourth-order valence-electron chi connectivity index (χ4n) is 2.15. The van der Waals surface area contributed by atoms with E-state index in [1.165, 1.54) is 19.1 Å². The Hall–Kier alpha value is -4.46. The third kappa shape index (κ3) is 8.50. The molecule has 32 heavy (non-hydrogen) atoms. The van der Waals surface area contributed by atoms with Gasteiger partial charge < -0.3 is 5.32 Å². The Morgan fingerprint density at radius 1 is 0.844 bits per heavy atom. The molecule has 1 N–H and O–H groups in total. The average molecular weight is 446 g/mol. The summed E-state index contributed by atoms with van der Waals surface area (Å²) in [5, 5.41) is 30.7. The number of nitriles is 1. The van der Waals surface area contributed by atoms with Gasteiger partial charge in [-0.15, -0.1) is 0 Å². The molecule has 0 fully saturated rings. The molecule has 0 saturated heterocycles. The topological polar surface area (TPSA) is 122 Å². The first-order chi connectivity index (χ1) is 15.2. The Bertz CT molecular complexity index is 1110. The molecule has 8 nitrogen and oxygen atoms in total. The summed E-state index contributed by atoms with van der Waals surface area (Å²) in [4.78, 5) is 19.0. The molecule has 0 aromatic heterocycles. The van der Waals surface area contributed by atoms with Crippen LogP contribution in [0.4, 0.5) is 30.2 Å². The standard InChI is InChI=1S/C13H11FN2O2.C6H3F2NO2.C2H3N/c14-12-8-11(16(17)18)6-7-13(12)15-9-10-4-2-1-3-5-10;7-5-2-1-4(9(10)11)3-6(5)8;1-2-3/h1-8,15H,9H2;1-3H;1H3. The first kappa shape index (κ1) is 25.6. The van der Waals surface area contributed by atoms with Crippen LogP contribution in [0.5, 0.6) is 0 Å². The Kier molecular flexibility index (Phi) is 10.4. The smallest absolute Gasteiger partial charge is 0.272 e. The molecule has 0 heterocycles. The van der Waals surface area contributed by atoms with E-state index in [4.69, 9.17) is 5.26 Å². The van der Waals surface area contributed by atoms with Crippen molar-refractivity contribution in [3.8, 4) is 6.07 Å². The lowest BCUT2D eigenvalue weighted by atomic mass is 10.2. The van der Waals surface area contributed by atoms with Crippen molar-refractivity contribution in [2.24, 2.45) is 0 Å². The van der Waals surface area contributed by atoms with Crippen LogP contribution in [-0.4, -0.2) is 9.85 Å². The van der Waals surface area contributed by atoms with Gasteiger partial charge in [0.05, 0.1) is 33.7 Å². The van der Waals surface area contributed by atoms with Gasteiger partial charge in [-0.3, -0.25) is 20.2 Å². The third-order valence-corrected chi connectivity index (χ3v) is 3.60. The average Bonchev–Trinajstić information content (AvgIpc) is 2.76. The second-order valence-corrected chi connectivity index (χ2v) is 5.84. The highest BCUT2D eigenvalue weighted by Gasteiger charge is 2.10. The van der Waals surface area contributed by atoms with Gasteiger partial charge in [0.25, 0.3) is 11.4 Å². The van der Waals surface area contributed by atoms with E-state index < -0.39 is 33.0 Å². The fraction of sp³-hybridized carbons (Fsp3) is 0.0952. The second-order valence-electron chi connectivity index (χ2n) is 5.84. The molecular formula is C21H17F3N4O4. The van der Waals surface area contributed by atoms with E-state index >= 15 is 0 Å². The van der Waals surface area contributed by atoms with E-state index in [0.717, 1.165) is 17.7 Å². The van der Waals surface area contributed by atoms with Crippen LogP contribution in [0.3, 0.4) is 0 Å². The Labute approximate surface area is 180 Å². The summed E-state index contributed by atoms with van der Waals surface area (Å²) in [7, 11) is 0. The molecule has 0 saturated carbocycles. The van der Waals surface area contributed by atoms with Crippen LogP contribution in [0.25, 0.3) is 0 Å². The van der Waals surface area contributed by atoms with Gasteiger partial charge in [-0.1, -0.05) is 30.3 Å². The third-order valence-electron chi connectivity index (χ3n) is 3.60. The minimum absolute atomic E-state index is 0.252. The SMILES string of the molecule is CC#N.O=[N+]([O-])c1ccc(F)c(F)c1.O=[N+]([O-])c1ccc(NCc2ccccc2)c(F)c1. The molecule has 11 heteroatoms. The van der Waals surface area contributed by atoms with Crippen LogP contribution in [0.15, 0.2) is 66.7 Å². The lowest BCUT2D eigenvalue weighted by Gasteiger charge is -2.07. The Morgan fingerprint density at radius 2 is 1.34 bits per heavy atom. The van der Waals surface area contributed by atoms with E-state index in [9.17, 15) is 33.4 Å². The molecule has 0 spiro atoms. The van der Waals surface area contributed by atoms with Gasteiger partial charge in [-0.05, 0) is 17.7 Å². The molecule has 3 aromatic carbocycles. The lowest BCUT2D eigenvalue weighted by Crippen LogP contribution is -2.01. The summed E-state index contributed by atoms with van der Waals surface area (Å²) in [6, 6.07) is 17.0. The predicted molar refractivity (Wildman–Crippen MR) is 111 cm³/mol. The number of nitro groups is 2. The molecule has 0 aliphatic carbocycles. The summed E-state index contributed by atoms with van der Waals surface area (Å²) >= 11 is 0. The zero-order valence-corrected chi connectivity index (χ0v) is 16.7. The van der Waals surface area contributed by atoms with Crippen LogP contribution in [0, 0.1) is 49.0 Å². The van der Waals surface area contributed by atoms with Crippen LogP contribution in [-0.2, 0) is 6.54 Å². The minimum atomic E-state index is -1.21. The van der Waals surface area contributed by atoms with Gasteiger partial charge in [-0.25, -0.2) is 13.2 Å². The van der Waals surface area contributed by atoms with Crippen LogP contribution >= 0.6 is 0 Å². The highest BCUT2D eigenvalue weighted by atomic mass is 19.2. The van der Waals surface area contributed by atoms with Crippen molar-refractivity contribution in [3.05, 3.63) is 110 Å². The largest absolute Gasteiger partial charge is 0.379 e. The Balaban J connectivity index is 0.000000312. The lowest BCUT2D eigenvalue weighted by molar-refractivity contribution is -0.385. The van der Waals surface area contributed by atoms with Crippen molar-refractivity contribution in [3.63, 3.8) is 0 Å². The molecule has 0 aliphatic heterocycles. The first-order valence-electron chi connectivity index (χ1n) is 8.81. The molecule has 0 radical (unpaired) electrons. The number of nitrogens with one attached hydrogen (secondary N) is 1. The maximum absolute atomic E-state index is 13.5. The van der Waals surface area contributed by atoms with E-state index in [-0.39, 0.29) is 11.4 Å². The number of benzene rings is 3. The number of halogens is 3. The number of nitro benzene ring substituents is 2. The van der Waals surface area contributed by atoms with Crippen molar-refractivity contribution in [2.75, 3.05) is 5.32 Å². The molecule has 3 aromatic rings. The molecular weight excluding hydrogens is 429 g/mol. The summed E-state index contributed by atoms with van der Waals surface area (Å²) in [6.07, 6.45) is 0.